The molecule has 0 aromatic carbocycles. The van der Waals surface area contributed by atoms with Crippen molar-refractivity contribution in [3.05, 3.63) is 28.4 Å². The van der Waals surface area contributed by atoms with E-state index >= 15 is 0 Å². The first-order chi connectivity index (χ1) is 6.58. The lowest BCUT2D eigenvalue weighted by molar-refractivity contribution is 0.890. The lowest BCUT2D eigenvalue weighted by Gasteiger charge is -1.96. The van der Waals surface area contributed by atoms with Crippen LogP contribution in [0.3, 0.4) is 0 Å². The number of fused-ring (bicyclic) bond motifs is 1. The van der Waals surface area contributed by atoms with E-state index in [9.17, 15) is 0 Å². The molecule has 0 aliphatic heterocycles. The molecule has 2 rings (SSSR count). The highest BCUT2D eigenvalue weighted by Crippen LogP contribution is 2.32. The van der Waals surface area contributed by atoms with Gasteiger partial charge in [0.05, 0.1) is 0 Å². The summed E-state index contributed by atoms with van der Waals surface area (Å²) in [7, 11) is 0. The van der Waals surface area contributed by atoms with Crippen LogP contribution in [0.1, 0.15) is 36.0 Å². The molecule has 0 fully saturated rings. The van der Waals surface area contributed by atoms with Crippen LogP contribution in [-0.2, 0) is 0 Å². The summed E-state index contributed by atoms with van der Waals surface area (Å²) >= 11 is 1.89. The van der Waals surface area contributed by atoms with Crippen LogP contribution in [0.4, 0.5) is 0 Å². The van der Waals surface area contributed by atoms with Crippen molar-refractivity contribution in [1.82, 2.24) is 4.98 Å². The standard InChI is InChI=1S/C12H15NS/c1-7(2)11-6-10-9(4)13-8(3)5-12(10)14-11/h5-7H,1-4H3. The normalized spacial score (nSPS) is 11.5. The van der Waals surface area contributed by atoms with Gasteiger partial charge in [-0.3, -0.25) is 4.98 Å². The number of hydrogen-bond acceptors (Lipinski definition) is 2. The van der Waals surface area contributed by atoms with Crippen LogP contribution in [0.5, 0.6) is 0 Å². The largest absolute Gasteiger partial charge is 0.258 e. The van der Waals surface area contributed by atoms with E-state index in [4.69, 9.17) is 0 Å². The van der Waals surface area contributed by atoms with Gasteiger partial charge in [0.15, 0.2) is 0 Å². The van der Waals surface area contributed by atoms with Gasteiger partial charge in [0.1, 0.15) is 0 Å². The van der Waals surface area contributed by atoms with Crippen molar-refractivity contribution < 1.29 is 0 Å². The maximum atomic E-state index is 4.48. The number of aryl methyl sites for hydroxylation is 2. The minimum absolute atomic E-state index is 0.618. The van der Waals surface area contributed by atoms with Crippen LogP contribution in [0.25, 0.3) is 10.1 Å². The van der Waals surface area contributed by atoms with Crippen LogP contribution in [0.15, 0.2) is 12.1 Å². The Balaban J connectivity index is 2.70. The molecule has 2 aromatic rings. The summed E-state index contributed by atoms with van der Waals surface area (Å²) in [5, 5.41) is 1.32. The minimum atomic E-state index is 0.618. The zero-order valence-corrected chi connectivity index (χ0v) is 9.90. The molecule has 2 aromatic heterocycles. The molecule has 0 unspecified atom stereocenters. The zero-order valence-electron chi connectivity index (χ0n) is 9.09. The number of rotatable bonds is 1. The zero-order chi connectivity index (χ0) is 10.3. The van der Waals surface area contributed by atoms with Gasteiger partial charge in [0.25, 0.3) is 0 Å². The number of hydrogen-bond donors (Lipinski definition) is 0. The minimum Gasteiger partial charge on any atom is -0.258 e. The van der Waals surface area contributed by atoms with E-state index in [1.807, 2.05) is 11.3 Å². The number of nitrogens with zero attached hydrogens (tertiary/aromatic N) is 1. The summed E-state index contributed by atoms with van der Waals surface area (Å²) < 4.78 is 1.37. The van der Waals surface area contributed by atoms with E-state index in [-0.39, 0.29) is 0 Å². The second-order valence-corrected chi connectivity index (χ2v) is 5.18. The maximum Gasteiger partial charge on any atom is 0.0462 e. The summed E-state index contributed by atoms with van der Waals surface area (Å²) in [4.78, 5) is 5.94. The molecular formula is C12H15NS. The monoisotopic (exact) mass is 205 g/mol. The van der Waals surface area contributed by atoms with Gasteiger partial charge in [-0.25, -0.2) is 0 Å². The fourth-order valence-electron chi connectivity index (χ4n) is 1.65. The Morgan fingerprint density at radius 1 is 1.21 bits per heavy atom. The molecule has 2 heterocycles. The van der Waals surface area contributed by atoms with Crippen LogP contribution >= 0.6 is 11.3 Å². The number of aromatic nitrogens is 1. The fraction of sp³-hybridized carbons (Fsp3) is 0.417. The lowest BCUT2D eigenvalue weighted by atomic mass is 10.1. The van der Waals surface area contributed by atoms with Gasteiger partial charge in [0, 0.05) is 26.4 Å². The van der Waals surface area contributed by atoms with Gasteiger partial charge in [-0.15, -0.1) is 11.3 Å². The molecule has 0 radical (unpaired) electrons. The average molecular weight is 205 g/mol. The molecule has 0 bridgehead atoms. The SMILES string of the molecule is Cc1cc2sc(C(C)C)cc2c(C)n1. The molecule has 0 spiro atoms. The first-order valence-corrected chi connectivity index (χ1v) is 5.77. The average Bonchev–Trinajstić information content (AvgIpc) is 2.47. The molecule has 0 saturated carbocycles. The Morgan fingerprint density at radius 3 is 2.57 bits per heavy atom. The van der Waals surface area contributed by atoms with E-state index in [0.29, 0.717) is 5.92 Å². The Morgan fingerprint density at radius 2 is 1.93 bits per heavy atom. The molecule has 0 aliphatic carbocycles. The lowest BCUT2D eigenvalue weighted by Crippen LogP contribution is -1.84. The molecule has 0 saturated heterocycles. The van der Waals surface area contributed by atoms with E-state index in [1.165, 1.54) is 15.0 Å². The molecule has 1 nitrogen and oxygen atoms in total. The smallest absolute Gasteiger partial charge is 0.0462 e. The van der Waals surface area contributed by atoms with Crippen molar-refractivity contribution in [2.24, 2.45) is 0 Å². The molecular weight excluding hydrogens is 190 g/mol. The van der Waals surface area contributed by atoms with Crippen molar-refractivity contribution in [2.75, 3.05) is 0 Å². The first kappa shape index (κ1) is 9.66. The number of thiophene rings is 1. The summed E-state index contributed by atoms with van der Waals surface area (Å²) in [6.07, 6.45) is 0. The van der Waals surface area contributed by atoms with Crippen LogP contribution < -0.4 is 0 Å². The van der Waals surface area contributed by atoms with E-state index in [0.717, 1.165) is 11.4 Å². The highest BCUT2D eigenvalue weighted by molar-refractivity contribution is 7.19. The molecule has 2 heteroatoms. The van der Waals surface area contributed by atoms with Gasteiger partial charge in [0.2, 0.25) is 0 Å². The van der Waals surface area contributed by atoms with Crippen molar-refractivity contribution in [3.63, 3.8) is 0 Å². The van der Waals surface area contributed by atoms with E-state index < -0.39 is 0 Å². The highest BCUT2D eigenvalue weighted by Gasteiger charge is 2.08. The van der Waals surface area contributed by atoms with Crippen molar-refractivity contribution >= 4 is 21.4 Å². The Labute approximate surface area is 88.8 Å². The van der Waals surface area contributed by atoms with E-state index in [2.05, 4.69) is 44.8 Å². The van der Waals surface area contributed by atoms with Crippen molar-refractivity contribution in [3.8, 4) is 0 Å². The third-order valence-corrected chi connectivity index (χ3v) is 3.81. The van der Waals surface area contributed by atoms with Crippen LogP contribution in [-0.4, -0.2) is 4.98 Å². The summed E-state index contributed by atoms with van der Waals surface area (Å²) in [5.74, 6) is 0.618. The Kier molecular flexibility index (Phi) is 2.31. The van der Waals surface area contributed by atoms with E-state index in [1.54, 1.807) is 0 Å². The second-order valence-electron chi connectivity index (χ2n) is 4.06. The van der Waals surface area contributed by atoms with Crippen LogP contribution in [0, 0.1) is 13.8 Å². The summed E-state index contributed by atoms with van der Waals surface area (Å²) in [6, 6.07) is 4.46. The summed E-state index contributed by atoms with van der Waals surface area (Å²) in [5.41, 5.74) is 2.27. The number of pyridine rings is 1. The van der Waals surface area contributed by atoms with Crippen LogP contribution in [0.2, 0.25) is 0 Å². The molecule has 0 amide bonds. The van der Waals surface area contributed by atoms with Gasteiger partial charge < -0.3 is 0 Å². The fourth-order valence-corrected chi connectivity index (χ4v) is 2.86. The Hall–Kier alpha value is -0.890. The third-order valence-electron chi connectivity index (χ3n) is 2.42. The highest BCUT2D eigenvalue weighted by atomic mass is 32.1. The molecule has 0 aliphatic rings. The molecule has 0 N–H and O–H groups in total. The van der Waals surface area contributed by atoms with Gasteiger partial charge in [-0.2, -0.15) is 0 Å². The first-order valence-electron chi connectivity index (χ1n) is 4.95. The Bertz CT molecular complexity index is 468. The van der Waals surface area contributed by atoms with Gasteiger partial charge in [-0.05, 0) is 31.9 Å². The molecule has 74 valence electrons. The maximum absolute atomic E-state index is 4.48. The summed E-state index contributed by atoms with van der Waals surface area (Å²) in [6.45, 7) is 8.62. The van der Waals surface area contributed by atoms with Gasteiger partial charge in [-0.1, -0.05) is 13.8 Å². The topological polar surface area (TPSA) is 12.9 Å². The van der Waals surface area contributed by atoms with Gasteiger partial charge >= 0.3 is 0 Å². The predicted octanol–water partition coefficient (Wildman–Crippen LogP) is 4.04. The molecule has 14 heavy (non-hydrogen) atoms. The second kappa shape index (κ2) is 3.35. The predicted molar refractivity (Wildman–Crippen MR) is 63.2 cm³/mol. The van der Waals surface area contributed by atoms with Crippen molar-refractivity contribution in [2.45, 2.75) is 33.6 Å². The third kappa shape index (κ3) is 1.55. The molecule has 0 atom stereocenters. The van der Waals surface area contributed by atoms with Crippen molar-refractivity contribution in [1.29, 1.82) is 0 Å². The quantitative estimate of drug-likeness (QED) is 0.684.